The molecule has 1 fully saturated rings. The standard InChI is InChI=1S/C14H21F3N2OS/c1-3-8-18-11(13(20-2)6-4-5-7-13)10-9-19-12(21-10)14(15,16)17/h9,11,18H,3-8H2,1-2H3. The third-order valence-corrected chi connectivity index (χ3v) is 5.14. The molecule has 0 aliphatic heterocycles. The summed E-state index contributed by atoms with van der Waals surface area (Å²) >= 11 is 0.721. The van der Waals surface area contributed by atoms with E-state index in [1.165, 1.54) is 6.20 Å². The van der Waals surface area contributed by atoms with Gasteiger partial charge in [0.1, 0.15) is 0 Å². The molecule has 3 nitrogen and oxygen atoms in total. The van der Waals surface area contributed by atoms with Gasteiger partial charge in [0.25, 0.3) is 0 Å². The monoisotopic (exact) mass is 322 g/mol. The van der Waals surface area contributed by atoms with Crippen LogP contribution in [0.5, 0.6) is 0 Å². The van der Waals surface area contributed by atoms with Crippen LogP contribution >= 0.6 is 11.3 Å². The van der Waals surface area contributed by atoms with Crippen molar-refractivity contribution < 1.29 is 17.9 Å². The Hall–Kier alpha value is -0.660. The van der Waals surface area contributed by atoms with Crippen molar-refractivity contribution >= 4 is 11.3 Å². The van der Waals surface area contributed by atoms with Gasteiger partial charge in [0, 0.05) is 18.2 Å². The minimum atomic E-state index is -4.38. The number of rotatable bonds is 6. The van der Waals surface area contributed by atoms with E-state index in [0.717, 1.165) is 50.0 Å². The van der Waals surface area contributed by atoms with Crippen molar-refractivity contribution in [3.05, 3.63) is 16.1 Å². The second-order valence-corrected chi connectivity index (χ2v) is 6.49. The number of nitrogens with zero attached hydrogens (tertiary/aromatic N) is 1. The van der Waals surface area contributed by atoms with Gasteiger partial charge in [0.05, 0.1) is 11.6 Å². The van der Waals surface area contributed by atoms with Gasteiger partial charge in [-0.05, 0) is 25.8 Å². The van der Waals surface area contributed by atoms with Crippen molar-refractivity contribution in [3.63, 3.8) is 0 Å². The predicted molar refractivity (Wildman–Crippen MR) is 76.4 cm³/mol. The van der Waals surface area contributed by atoms with E-state index in [0.29, 0.717) is 4.88 Å². The molecular formula is C14H21F3N2OS. The fraction of sp³-hybridized carbons (Fsp3) is 0.786. The van der Waals surface area contributed by atoms with Gasteiger partial charge in [-0.1, -0.05) is 19.8 Å². The summed E-state index contributed by atoms with van der Waals surface area (Å²) < 4.78 is 44.0. The van der Waals surface area contributed by atoms with Crippen LogP contribution in [0.15, 0.2) is 6.20 Å². The zero-order valence-corrected chi connectivity index (χ0v) is 13.1. The number of thiazole rings is 1. The molecule has 1 unspecified atom stereocenters. The molecule has 1 atom stereocenters. The van der Waals surface area contributed by atoms with Crippen LogP contribution in [0.4, 0.5) is 13.2 Å². The van der Waals surface area contributed by atoms with E-state index < -0.39 is 16.8 Å². The Morgan fingerprint density at radius 1 is 1.43 bits per heavy atom. The molecule has 1 heterocycles. The summed E-state index contributed by atoms with van der Waals surface area (Å²) in [5.41, 5.74) is -0.412. The van der Waals surface area contributed by atoms with E-state index in [1.54, 1.807) is 7.11 Å². The Labute approximate surface area is 126 Å². The maximum atomic E-state index is 12.8. The molecule has 1 N–H and O–H groups in total. The molecule has 1 aliphatic rings. The van der Waals surface area contributed by atoms with Crippen molar-refractivity contribution in [2.24, 2.45) is 0 Å². The van der Waals surface area contributed by atoms with Gasteiger partial charge < -0.3 is 10.1 Å². The fourth-order valence-electron chi connectivity index (χ4n) is 2.97. The molecule has 2 rings (SSSR count). The average molecular weight is 322 g/mol. The largest absolute Gasteiger partial charge is 0.443 e. The molecule has 1 saturated carbocycles. The second-order valence-electron chi connectivity index (χ2n) is 5.43. The minimum Gasteiger partial charge on any atom is -0.376 e. The highest BCUT2D eigenvalue weighted by molar-refractivity contribution is 7.11. The number of aromatic nitrogens is 1. The first-order valence-corrected chi connectivity index (χ1v) is 8.06. The maximum Gasteiger partial charge on any atom is 0.443 e. The van der Waals surface area contributed by atoms with Crippen molar-refractivity contribution in [3.8, 4) is 0 Å². The first-order valence-electron chi connectivity index (χ1n) is 7.24. The Morgan fingerprint density at radius 3 is 2.57 bits per heavy atom. The van der Waals surface area contributed by atoms with Gasteiger partial charge in [-0.25, -0.2) is 4.98 Å². The number of methoxy groups -OCH3 is 1. The average Bonchev–Trinajstić information content (AvgIpc) is 3.08. The zero-order valence-electron chi connectivity index (χ0n) is 12.3. The highest BCUT2D eigenvalue weighted by atomic mass is 32.1. The Bertz CT molecular complexity index is 455. The predicted octanol–water partition coefficient (Wildman–Crippen LogP) is 4.16. The van der Waals surface area contributed by atoms with Crippen LogP contribution < -0.4 is 5.32 Å². The van der Waals surface area contributed by atoms with Crippen molar-refractivity contribution in [1.82, 2.24) is 10.3 Å². The summed E-state index contributed by atoms with van der Waals surface area (Å²) in [6.45, 7) is 2.78. The van der Waals surface area contributed by atoms with E-state index in [4.69, 9.17) is 4.74 Å². The van der Waals surface area contributed by atoms with Crippen molar-refractivity contribution in [1.29, 1.82) is 0 Å². The molecule has 1 aromatic rings. The smallest absolute Gasteiger partial charge is 0.376 e. The van der Waals surface area contributed by atoms with Gasteiger partial charge in [-0.3, -0.25) is 0 Å². The zero-order chi connectivity index (χ0) is 15.5. The first kappa shape index (κ1) is 16.7. The quantitative estimate of drug-likeness (QED) is 0.854. The Kier molecular flexibility index (Phi) is 5.27. The molecule has 0 spiro atoms. The molecule has 21 heavy (non-hydrogen) atoms. The molecule has 0 bridgehead atoms. The third-order valence-electron chi connectivity index (χ3n) is 4.03. The third kappa shape index (κ3) is 3.57. The number of hydrogen-bond donors (Lipinski definition) is 1. The SMILES string of the molecule is CCCNC(c1cnc(C(F)(F)F)s1)C1(OC)CCCC1. The lowest BCUT2D eigenvalue weighted by Crippen LogP contribution is -2.43. The molecule has 0 saturated heterocycles. The minimum absolute atomic E-state index is 0.224. The van der Waals surface area contributed by atoms with Gasteiger partial charge in [0.2, 0.25) is 0 Å². The molecule has 7 heteroatoms. The van der Waals surface area contributed by atoms with E-state index >= 15 is 0 Å². The first-order chi connectivity index (χ1) is 9.93. The summed E-state index contributed by atoms with van der Waals surface area (Å²) in [7, 11) is 1.65. The second kappa shape index (κ2) is 6.62. The van der Waals surface area contributed by atoms with Gasteiger partial charge in [-0.15, -0.1) is 11.3 Å². The van der Waals surface area contributed by atoms with E-state index in [2.05, 4.69) is 10.3 Å². The van der Waals surface area contributed by atoms with E-state index in [-0.39, 0.29) is 6.04 Å². The molecule has 1 aromatic heterocycles. The fourth-order valence-corrected chi connectivity index (χ4v) is 3.94. The van der Waals surface area contributed by atoms with Crippen LogP contribution in [0.2, 0.25) is 0 Å². The molecule has 1 aliphatic carbocycles. The van der Waals surface area contributed by atoms with Gasteiger partial charge in [-0.2, -0.15) is 13.2 Å². The van der Waals surface area contributed by atoms with Gasteiger partial charge in [0.15, 0.2) is 5.01 Å². The van der Waals surface area contributed by atoms with Crippen molar-refractivity contribution in [2.75, 3.05) is 13.7 Å². The summed E-state index contributed by atoms with van der Waals surface area (Å²) in [6, 6.07) is -0.224. The normalized spacial score (nSPS) is 19.9. The van der Waals surface area contributed by atoms with Crippen LogP contribution in [0.3, 0.4) is 0 Å². The topological polar surface area (TPSA) is 34.2 Å². The van der Waals surface area contributed by atoms with Gasteiger partial charge >= 0.3 is 6.18 Å². The van der Waals surface area contributed by atoms with Crippen LogP contribution in [0.25, 0.3) is 0 Å². The number of alkyl halides is 3. The lowest BCUT2D eigenvalue weighted by atomic mass is 9.91. The Balaban J connectivity index is 2.29. The highest BCUT2D eigenvalue weighted by Crippen LogP contribution is 2.45. The molecule has 0 aromatic carbocycles. The molecule has 120 valence electrons. The van der Waals surface area contributed by atoms with Crippen LogP contribution in [0.1, 0.15) is 55.0 Å². The summed E-state index contributed by atoms with van der Waals surface area (Å²) in [5.74, 6) is 0. The summed E-state index contributed by atoms with van der Waals surface area (Å²) in [6.07, 6.45) is 1.70. The number of halogens is 3. The molecule has 0 radical (unpaired) electrons. The maximum absolute atomic E-state index is 12.8. The van der Waals surface area contributed by atoms with Crippen LogP contribution in [-0.4, -0.2) is 24.2 Å². The lowest BCUT2D eigenvalue weighted by Gasteiger charge is -2.36. The summed E-state index contributed by atoms with van der Waals surface area (Å²) in [5, 5.41) is 2.58. The number of nitrogens with one attached hydrogen (secondary N) is 1. The highest BCUT2D eigenvalue weighted by Gasteiger charge is 2.44. The van der Waals surface area contributed by atoms with Crippen LogP contribution in [0, 0.1) is 0 Å². The molecular weight excluding hydrogens is 301 g/mol. The summed E-state index contributed by atoms with van der Waals surface area (Å²) in [4.78, 5) is 4.16. The van der Waals surface area contributed by atoms with E-state index in [9.17, 15) is 13.2 Å². The van der Waals surface area contributed by atoms with Crippen LogP contribution in [-0.2, 0) is 10.9 Å². The van der Waals surface area contributed by atoms with E-state index in [1.807, 2.05) is 6.92 Å². The molecule has 0 amide bonds. The van der Waals surface area contributed by atoms with Crippen molar-refractivity contribution in [2.45, 2.75) is 56.8 Å². The number of ether oxygens (including phenoxy) is 1. The Morgan fingerprint density at radius 2 is 2.10 bits per heavy atom. The number of hydrogen-bond acceptors (Lipinski definition) is 4. The lowest BCUT2D eigenvalue weighted by molar-refractivity contribution is -0.137.